The Labute approximate surface area is 141 Å². The normalized spacial score (nSPS) is 10.3. The van der Waals surface area contributed by atoms with Gasteiger partial charge in [-0.2, -0.15) is 5.10 Å². The van der Waals surface area contributed by atoms with E-state index in [1.807, 2.05) is 0 Å². The van der Waals surface area contributed by atoms with Crippen molar-refractivity contribution >= 4 is 35.0 Å². The number of nitrogens with zero attached hydrogens (tertiary/aromatic N) is 3. The number of ether oxygens (including phenoxy) is 1. The van der Waals surface area contributed by atoms with Crippen LogP contribution in [0.1, 0.15) is 27.6 Å². The number of amides is 1. The predicted molar refractivity (Wildman–Crippen MR) is 85.2 cm³/mol. The number of hydrogen-bond donors (Lipinski definition) is 1. The number of esters is 1. The Hall–Kier alpha value is -2.94. The number of carbonyl (C=O) groups is 2. The van der Waals surface area contributed by atoms with Crippen LogP contribution in [-0.4, -0.2) is 33.2 Å². The number of halogens is 1. The molecule has 1 N–H and O–H groups in total. The van der Waals surface area contributed by atoms with Gasteiger partial charge in [0, 0.05) is 18.7 Å². The van der Waals surface area contributed by atoms with E-state index in [-0.39, 0.29) is 34.3 Å². The summed E-state index contributed by atoms with van der Waals surface area (Å²) in [6.45, 7) is 1.82. The highest BCUT2D eigenvalue weighted by Gasteiger charge is 2.21. The zero-order chi connectivity index (χ0) is 17.9. The van der Waals surface area contributed by atoms with Crippen LogP contribution in [0, 0.1) is 10.1 Å². The highest BCUT2D eigenvalue weighted by molar-refractivity contribution is 6.32. The largest absolute Gasteiger partial charge is 0.462 e. The molecular formula is C14H13ClN4O5. The Kier molecular flexibility index (Phi) is 5.14. The molecule has 1 amide bonds. The summed E-state index contributed by atoms with van der Waals surface area (Å²) in [6, 6.07) is 3.65. The van der Waals surface area contributed by atoms with Crippen molar-refractivity contribution in [3.05, 3.63) is 50.7 Å². The third-order valence-electron chi connectivity index (χ3n) is 3.07. The minimum atomic E-state index is -0.687. The number of nitro benzene ring substituents is 1. The summed E-state index contributed by atoms with van der Waals surface area (Å²) in [4.78, 5) is 34.4. The number of nitrogens with one attached hydrogen (secondary N) is 1. The minimum absolute atomic E-state index is 0.0158. The summed E-state index contributed by atoms with van der Waals surface area (Å²) < 4.78 is 6.17. The lowest BCUT2D eigenvalue weighted by Crippen LogP contribution is -2.17. The third-order valence-corrected chi connectivity index (χ3v) is 3.39. The molecule has 2 rings (SSSR count). The molecule has 0 aliphatic heterocycles. The van der Waals surface area contributed by atoms with Gasteiger partial charge in [0.25, 0.3) is 11.6 Å². The van der Waals surface area contributed by atoms with E-state index in [1.54, 1.807) is 6.92 Å². The monoisotopic (exact) mass is 352 g/mol. The lowest BCUT2D eigenvalue weighted by atomic mass is 10.2. The van der Waals surface area contributed by atoms with Crippen LogP contribution in [0.5, 0.6) is 0 Å². The van der Waals surface area contributed by atoms with E-state index in [9.17, 15) is 19.7 Å². The second-order valence-corrected chi connectivity index (χ2v) is 5.04. The van der Waals surface area contributed by atoms with Gasteiger partial charge in [-0.15, -0.1) is 0 Å². The molecule has 0 saturated heterocycles. The maximum Gasteiger partial charge on any atom is 0.343 e. The first kappa shape index (κ1) is 17.4. The summed E-state index contributed by atoms with van der Waals surface area (Å²) in [5.41, 5.74) is -0.293. The molecule has 9 nitrogen and oxygen atoms in total. The van der Waals surface area contributed by atoms with Crippen molar-refractivity contribution in [3.63, 3.8) is 0 Å². The van der Waals surface area contributed by atoms with Crippen molar-refractivity contribution in [1.82, 2.24) is 9.78 Å². The van der Waals surface area contributed by atoms with Crippen molar-refractivity contribution in [3.8, 4) is 0 Å². The maximum atomic E-state index is 12.3. The quantitative estimate of drug-likeness (QED) is 0.501. The van der Waals surface area contributed by atoms with E-state index in [2.05, 4.69) is 10.4 Å². The van der Waals surface area contributed by atoms with Crippen LogP contribution < -0.4 is 5.32 Å². The van der Waals surface area contributed by atoms with Gasteiger partial charge in [0.1, 0.15) is 16.4 Å². The Morgan fingerprint density at radius 2 is 2.17 bits per heavy atom. The summed E-state index contributed by atoms with van der Waals surface area (Å²) in [5, 5.41) is 17.2. The van der Waals surface area contributed by atoms with E-state index in [0.717, 1.165) is 6.07 Å². The summed E-state index contributed by atoms with van der Waals surface area (Å²) >= 11 is 5.72. The Morgan fingerprint density at radius 1 is 1.46 bits per heavy atom. The van der Waals surface area contributed by atoms with Crippen LogP contribution >= 0.6 is 11.6 Å². The molecule has 1 aromatic carbocycles. The van der Waals surface area contributed by atoms with Crippen molar-refractivity contribution in [2.75, 3.05) is 11.9 Å². The van der Waals surface area contributed by atoms with Gasteiger partial charge in [0.15, 0.2) is 0 Å². The van der Waals surface area contributed by atoms with E-state index >= 15 is 0 Å². The molecule has 0 spiro atoms. The molecule has 1 aromatic heterocycles. The van der Waals surface area contributed by atoms with Crippen LogP contribution in [0.4, 0.5) is 11.5 Å². The van der Waals surface area contributed by atoms with Gasteiger partial charge in [-0.25, -0.2) is 4.79 Å². The van der Waals surface area contributed by atoms with Gasteiger partial charge in [0.05, 0.1) is 17.7 Å². The van der Waals surface area contributed by atoms with Crippen molar-refractivity contribution < 1.29 is 19.2 Å². The molecule has 2 aromatic rings. The van der Waals surface area contributed by atoms with Gasteiger partial charge in [-0.05, 0) is 19.1 Å². The highest BCUT2D eigenvalue weighted by Crippen LogP contribution is 2.26. The fourth-order valence-corrected chi connectivity index (χ4v) is 2.10. The number of carbonyl (C=O) groups excluding carboxylic acids is 2. The zero-order valence-electron chi connectivity index (χ0n) is 12.8. The van der Waals surface area contributed by atoms with E-state index < -0.39 is 16.8 Å². The summed E-state index contributed by atoms with van der Waals surface area (Å²) in [5.74, 6) is -1.16. The number of nitro groups is 1. The Balaban J connectivity index is 2.31. The van der Waals surface area contributed by atoms with E-state index in [0.29, 0.717) is 0 Å². The molecule has 0 atom stereocenters. The first-order chi connectivity index (χ1) is 11.3. The van der Waals surface area contributed by atoms with Gasteiger partial charge in [0.2, 0.25) is 0 Å². The van der Waals surface area contributed by atoms with Gasteiger partial charge in [-0.1, -0.05) is 11.6 Å². The number of benzene rings is 1. The predicted octanol–water partition coefficient (Wildman–Crippen LogP) is 2.41. The van der Waals surface area contributed by atoms with Crippen LogP contribution in [0.25, 0.3) is 0 Å². The van der Waals surface area contributed by atoms with Crippen molar-refractivity contribution in [2.24, 2.45) is 7.05 Å². The third kappa shape index (κ3) is 3.51. The molecule has 0 saturated carbocycles. The van der Waals surface area contributed by atoms with Crippen LogP contribution in [0.15, 0.2) is 24.4 Å². The average molecular weight is 353 g/mol. The van der Waals surface area contributed by atoms with Gasteiger partial charge < -0.3 is 10.1 Å². The second kappa shape index (κ2) is 7.09. The molecular weight excluding hydrogens is 340 g/mol. The molecule has 1 heterocycles. The van der Waals surface area contributed by atoms with Crippen LogP contribution in [-0.2, 0) is 11.8 Å². The average Bonchev–Trinajstić information content (AvgIpc) is 2.88. The number of aryl methyl sites for hydroxylation is 1. The number of rotatable bonds is 5. The fourth-order valence-electron chi connectivity index (χ4n) is 1.92. The van der Waals surface area contributed by atoms with Crippen molar-refractivity contribution in [1.29, 1.82) is 0 Å². The number of hydrogen-bond acceptors (Lipinski definition) is 6. The molecule has 0 aliphatic carbocycles. The zero-order valence-corrected chi connectivity index (χ0v) is 13.5. The molecule has 10 heteroatoms. The number of aromatic nitrogens is 2. The maximum absolute atomic E-state index is 12.3. The first-order valence-corrected chi connectivity index (χ1v) is 7.17. The lowest BCUT2D eigenvalue weighted by molar-refractivity contribution is -0.384. The van der Waals surface area contributed by atoms with E-state index in [1.165, 1.54) is 30.1 Å². The smallest absolute Gasteiger partial charge is 0.343 e. The van der Waals surface area contributed by atoms with Gasteiger partial charge >= 0.3 is 5.97 Å². The standard InChI is InChI=1S/C14H13ClN4O5/c1-3-24-14(21)9-7-16-18(2)12(9)17-13(20)8-4-5-10(15)11(6-8)19(22)23/h4-7H,3H2,1-2H3,(H,17,20). The first-order valence-electron chi connectivity index (χ1n) is 6.79. The lowest BCUT2D eigenvalue weighted by Gasteiger charge is -2.08. The number of anilines is 1. The topological polar surface area (TPSA) is 116 Å². The van der Waals surface area contributed by atoms with E-state index in [4.69, 9.17) is 16.3 Å². The van der Waals surface area contributed by atoms with Gasteiger partial charge in [-0.3, -0.25) is 19.6 Å². The summed E-state index contributed by atoms with van der Waals surface area (Å²) in [7, 11) is 1.53. The molecule has 0 unspecified atom stereocenters. The summed E-state index contributed by atoms with van der Waals surface area (Å²) in [6.07, 6.45) is 1.26. The Bertz CT molecular complexity index is 817. The van der Waals surface area contributed by atoms with Crippen LogP contribution in [0.2, 0.25) is 5.02 Å². The fraction of sp³-hybridized carbons (Fsp3) is 0.214. The van der Waals surface area contributed by atoms with Crippen molar-refractivity contribution in [2.45, 2.75) is 6.92 Å². The molecule has 0 aliphatic rings. The second-order valence-electron chi connectivity index (χ2n) is 4.63. The Morgan fingerprint density at radius 3 is 2.79 bits per heavy atom. The molecule has 0 fully saturated rings. The van der Waals surface area contributed by atoms with Crippen LogP contribution in [0.3, 0.4) is 0 Å². The molecule has 24 heavy (non-hydrogen) atoms. The molecule has 126 valence electrons. The SMILES string of the molecule is CCOC(=O)c1cnn(C)c1NC(=O)c1ccc(Cl)c([N+](=O)[O-])c1. The minimum Gasteiger partial charge on any atom is -0.462 e. The highest BCUT2D eigenvalue weighted by atomic mass is 35.5. The molecule has 0 bridgehead atoms. The molecule has 0 radical (unpaired) electrons.